The molecule has 1 fully saturated rings. The van der Waals surface area contributed by atoms with Gasteiger partial charge in [-0.25, -0.2) is 9.59 Å². The molecule has 1 saturated carbocycles. The topological polar surface area (TPSA) is 64.2 Å². The number of unbranched alkanes of at least 4 members (excludes halogenated alkanes) is 1. The number of benzene rings is 2. The van der Waals surface area contributed by atoms with E-state index >= 15 is 0 Å². The summed E-state index contributed by atoms with van der Waals surface area (Å²) in [5.74, 6) is -0.253. The van der Waals surface area contributed by atoms with Crippen LogP contribution in [0.15, 0.2) is 53.3 Å². The summed E-state index contributed by atoms with van der Waals surface area (Å²) in [4.78, 5) is 25.0. The summed E-state index contributed by atoms with van der Waals surface area (Å²) < 4.78 is 3.61. The minimum Gasteiger partial charge on any atom is -0.478 e. The quantitative estimate of drug-likeness (QED) is 0.329. The highest BCUT2D eigenvalue weighted by Crippen LogP contribution is 2.28. The number of rotatable bonds is 10. The lowest BCUT2D eigenvalue weighted by Crippen LogP contribution is -2.26. The third-order valence-electron chi connectivity index (χ3n) is 7.28. The lowest BCUT2D eigenvalue weighted by molar-refractivity contribution is 0.0697. The van der Waals surface area contributed by atoms with Gasteiger partial charge < -0.3 is 5.11 Å². The molecule has 6 heteroatoms. The molecule has 1 aliphatic carbocycles. The molecule has 0 bridgehead atoms. The van der Waals surface area contributed by atoms with Crippen LogP contribution in [0.5, 0.6) is 0 Å². The molecule has 0 amide bonds. The zero-order valence-electron chi connectivity index (χ0n) is 20.5. The maximum absolute atomic E-state index is 13.4. The molecule has 0 saturated heterocycles. The standard InChI is InChI=1S/C29H35ClN2O3/c1-2-3-13-26-27(30)31(19-18-21-9-5-4-6-10-21)29(35)32(26)20-22-14-16-23(17-15-22)24-11-7-8-12-25(24)28(33)34/h7-8,11-12,14-17,21H,2-6,9-10,13,18-20H2,1H3,(H,33,34). The summed E-state index contributed by atoms with van der Waals surface area (Å²) in [6.45, 7) is 3.28. The average molecular weight is 495 g/mol. The van der Waals surface area contributed by atoms with Crippen LogP contribution in [0.25, 0.3) is 11.1 Å². The number of aromatic carboxylic acids is 1. The smallest absolute Gasteiger partial charge is 0.336 e. The molecular weight excluding hydrogens is 460 g/mol. The van der Waals surface area contributed by atoms with Gasteiger partial charge in [0.05, 0.1) is 17.8 Å². The Balaban J connectivity index is 1.58. The van der Waals surface area contributed by atoms with Crippen LogP contribution in [0, 0.1) is 5.92 Å². The Labute approximate surface area is 212 Å². The first-order chi connectivity index (χ1) is 17.0. The van der Waals surface area contributed by atoms with E-state index in [1.807, 2.05) is 41.0 Å². The van der Waals surface area contributed by atoms with Crippen molar-refractivity contribution < 1.29 is 9.90 Å². The van der Waals surface area contributed by atoms with Crippen molar-refractivity contribution in [2.24, 2.45) is 5.92 Å². The monoisotopic (exact) mass is 494 g/mol. The second-order valence-corrected chi connectivity index (χ2v) is 10.1. The SMILES string of the molecule is CCCCc1c(Cl)n(CCC2CCCCC2)c(=O)n1Cc1ccc(-c2ccccc2C(=O)O)cc1. The Hall–Kier alpha value is -2.79. The zero-order valence-corrected chi connectivity index (χ0v) is 21.3. The van der Waals surface area contributed by atoms with E-state index in [1.165, 1.54) is 32.1 Å². The highest BCUT2D eigenvalue weighted by Gasteiger charge is 2.20. The highest BCUT2D eigenvalue weighted by atomic mass is 35.5. The number of aromatic nitrogens is 2. The highest BCUT2D eigenvalue weighted by molar-refractivity contribution is 6.30. The van der Waals surface area contributed by atoms with Crippen LogP contribution in [0.1, 0.15) is 79.9 Å². The Morgan fingerprint density at radius 3 is 2.43 bits per heavy atom. The van der Waals surface area contributed by atoms with Crippen LogP contribution in [0.4, 0.5) is 0 Å². The first-order valence-corrected chi connectivity index (χ1v) is 13.3. The predicted molar refractivity (Wildman–Crippen MR) is 141 cm³/mol. The molecule has 3 aromatic rings. The number of nitrogens with zero attached hydrogens (tertiary/aromatic N) is 2. The van der Waals surface area contributed by atoms with E-state index in [0.29, 0.717) is 29.7 Å². The van der Waals surface area contributed by atoms with Crippen LogP contribution in [-0.4, -0.2) is 20.2 Å². The first-order valence-electron chi connectivity index (χ1n) is 12.9. The van der Waals surface area contributed by atoms with Crippen molar-refractivity contribution in [1.82, 2.24) is 9.13 Å². The molecule has 186 valence electrons. The summed E-state index contributed by atoms with van der Waals surface area (Å²) in [6, 6.07) is 14.8. The summed E-state index contributed by atoms with van der Waals surface area (Å²) in [5, 5.41) is 10.1. The predicted octanol–water partition coefficient (Wildman–Crippen LogP) is 7.03. The van der Waals surface area contributed by atoms with Gasteiger partial charge in [-0.15, -0.1) is 0 Å². The number of carboxylic acids is 1. The van der Waals surface area contributed by atoms with Gasteiger partial charge in [-0.05, 0) is 47.9 Å². The normalized spacial score (nSPS) is 14.3. The molecule has 4 rings (SSSR count). The van der Waals surface area contributed by atoms with E-state index in [-0.39, 0.29) is 11.3 Å². The lowest BCUT2D eigenvalue weighted by atomic mass is 9.87. The van der Waals surface area contributed by atoms with E-state index < -0.39 is 5.97 Å². The number of hydrogen-bond donors (Lipinski definition) is 1. The Morgan fingerprint density at radius 2 is 1.74 bits per heavy atom. The average Bonchev–Trinajstić information content (AvgIpc) is 3.10. The molecule has 2 aromatic carbocycles. The van der Waals surface area contributed by atoms with E-state index in [9.17, 15) is 14.7 Å². The maximum Gasteiger partial charge on any atom is 0.336 e. The van der Waals surface area contributed by atoms with Crippen molar-refractivity contribution in [2.45, 2.75) is 77.8 Å². The van der Waals surface area contributed by atoms with Gasteiger partial charge in [0, 0.05) is 6.54 Å². The maximum atomic E-state index is 13.4. The van der Waals surface area contributed by atoms with Crippen LogP contribution in [0.3, 0.4) is 0 Å². The lowest BCUT2D eigenvalue weighted by Gasteiger charge is -2.21. The second kappa shape index (κ2) is 11.8. The fourth-order valence-electron chi connectivity index (χ4n) is 5.23. The molecule has 0 aliphatic heterocycles. The van der Waals surface area contributed by atoms with Crippen molar-refractivity contribution >= 4 is 17.6 Å². The third-order valence-corrected chi connectivity index (χ3v) is 7.70. The summed E-state index contributed by atoms with van der Waals surface area (Å²) >= 11 is 6.79. The van der Waals surface area contributed by atoms with Crippen molar-refractivity contribution in [1.29, 1.82) is 0 Å². The van der Waals surface area contributed by atoms with Crippen LogP contribution < -0.4 is 5.69 Å². The second-order valence-electron chi connectivity index (χ2n) is 9.70. The summed E-state index contributed by atoms with van der Waals surface area (Å²) in [6.07, 6.45) is 10.2. The molecule has 5 nitrogen and oxygen atoms in total. The van der Waals surface area contributed by atoms with Gasteiger partial charge in [0.25, 0.3) is 0 Å². The Morgan fingerprint density at radius 1 is 1.03 bits per heavy atom. The molecule has 35 heavy (non-hydrogen) atoms. The van der Waals surface area contributed by atoms with Gasteiger partial charge in [0.15, 0.2) is 0 Å². The fraction of sp³-hybridized carbons (Fsp3) is 0.448. The van der Waals surface area contributed by atoms with Gasteiger partial charge in [0.1, 0.15) is 5.15 Å². The van der Waals surface area contributed by atoms with Crippen LogP contribution in [-0.2, 0) is 19.5 Å². The van der Waals surface area contributed by atoms with Gasteiger partial charge >= 0.3 is 11.7 Å². The van der Waals surface area contributed by atoms with Crippen LogP contribution in [0.2, 0.25) is 5.15 Å². The molecule has 0 radical (unpaired) electrons. The number of hydrogen-bond acceptors (Lipinski definition) is 2. The van der Waals surface area contributed by atoms with Crippen molar-refractivity contribution in [3.05, 3.63) is 81.0 Å². The molecule has 0 spiro atoms. The van der Waals surface area contributed by atoms with Crippen molar-refractivity contribution in [3.63, 3.8) is 0 Å². The number of imidazole rings is 1. The molecule has 0 unspecified atom stereocenters. The van der Waals surface area contributed by atoms with E-state index in [1.54, 1.807) is 16.7 Å². The van der Waals surface area contributed by atoms with Gasteiger partial charge in [-0.2, -0.15) is 0 Å². The van der Waals surface area contributed by atoms with E-state index in [4.69, 9.17) is 11.6 Å². The molecule has 1 aliphatic rings. The Kier molecular flexibility index (Phi) is 8.50. The number of carbonyl (C=O) groups is 1. The minimum absolute atomic E-state index is 0.0304. The summed E-state index contributed by atoms with van der Waals surface area (Å²) in [7, 11) is 0. The molecule has 1 aromatic heterocycles. The fourth-order valence-corrected chi connectivity index (χ4v) is 5.59. The van der Waals surface area contributed by atoms with E-state index in [0.717, 1.165) is 42.5 Å². The third kappa shape index (κ3) is 5.90. The van der Waals surface area contributed by atoms with Crippen molar-refractivity contribution in [3.8, 4) is 11.1 Å². The van der Waals surface area contributed by atoms with Gasteiger partial charge in [0.2, 0.25) is 0 Å². The van der Waals surface area contributed by atoms with Gasteiger partial charge in [-0.1, -0.05) is 99.5 Å². The van der Waals surface area contributed by atoms with Crippen molar-refractivity contribution in [2.75, 3.05) is 0 Å². The number of halogens is 1. The minimum atomic E-state index is -0.944. The molecule has 0 atom stereocenters. The Bertz CT molecular complexity index is 1200. The molecule has 1 N–H and O–H groups in total. The largest absolute Gasteiger partial charge is 0.478 e. The van der Waals surface area contributed by atoms with E-state index in [2.05, 4.69) is 6.92 Å². The number of carboxylic acid groups (broad SMARTS) is 1. The molecular formula is C29H35ClN2O3. The molecule has 1 heterocycles. The zero-order chi connectivity index (χ0) is 24.8. The van der Waals surface area contributed by atoms with Gasteiger partial charge in [-0.3, -0.25) is 9.13 Å². The first kappa shape index (κ1) is 25.3. The summed E-state index contributed by atoms with van der Waals surface area (Å²) in [5.41, 5.74) is 3.68. The van der Waals surface area contributed by atoms with Crippen LogP contribution >= 0.6 is 11.6 Å².